The Morgan fingerprint density at radius 2 is 2.06 bits per heavy atom. The summed E-state index contributed by atoms with van der Waals surface area (Å²) in [7, 11) is 0. The highest BCUT2D eigenvalue weighted by Gasteiger charge is 2.30. The number of nitrogens with one attached hydrogen (secondary N) is 1. The van der Waals surface area contributed by atoms with Gasteiger partial charge < -0.3 is 5.32 Å². The number of aromatic nitrogens is 2. The van der Waals surface area contributed by atoms with E-state index in [0.717, 1.165) is 24.4 Å². The van der Waals surface area contributed by atoms with Gasteiger partial charge >= 0.3 is 0 Å². The fourth-order valence-corrected chi connectivity index (χ4v) is 2.92. The summed E-state index contributed by atoms with van der Waals surface area (Å²) in [5.74, 6) is 1.25. The Hall–Kier alpha value is -1.13. The maximum Gasteiger partial charge on any atom is 0.260 e. The lowest BCUT2D eigenvalue weighted by Crippen LogP contribution is -2.28. The number of alkyl halides is 2. The average Bonchev–Trinajstić information content (AvgIpc) is 2.96. The van der Waals surface area contributed by atoms with E-state index in [0.29, 0.717) is 18.9 Å². The molecule has 1 fully saturated rings. The van der Waals surface area contributed by atoms with Crippen molar-refractivity contribution >= 4 is 5.82 Å². The van der Waals surface area contributed by atoms with Gasteiger partial charge in [0, 0.05) is 18.5 Å². The van der Waals surface area contributed by atoms with Crippen molar-refractivity contribution in [1.82, 2.24) is 9.78 Å². The minimum Gasteiger partial charge on any atom is -0.370 e. The van der Waals surface area contributed by atoms with Gasteiger partial charge in [0.25, 0.3) is 6.43 Å². The number of anilines is 1. The van der Waals surface area contributed by atoms with Crippen LogP contribution in [0, 0.1) is 0 Å². The van der Waals surface area contributed by atoms with Gasteiger partial charge in [0.05, 0.1) is 5.69 Å². The first-order valence-electron chi connectivity index (χ1n) is 6.37. The summed E-state index contributed by atoms with van der Waals surface area (Å²) < 4.78 is 27.3. The van der Waals surface area contributed by atoms with E-state index in [-0.39, 0.29) is 0 Å². The third kappa shape index (κ3) is 1.91. The second kappa shape index (κ2) is 4.27. The summed E-state index contributed by atoms with van der Waals surface area (Å²) in [4.78, 5) is 0. The van der Waals surface area contributed by atoms with Crippen LogP contribution in [-0.4, -0.2) is 22.8 Å². The van der Waals surface area contributed by atoms with Gasteiger partial charge in [-0.15, -0.1) is 0 Å². The largest absolute Gasteiger partial charge is 0.370 e. The van der Waals surface area contributed by atoms with E-state index < -0.39 is 12.5 Å². The molecule has 17 heavy (non-hydrogen) atoms. The minimum atomic E-state index is -2.33. The molecule has 1 atom stereocenters. The Bertz CT molecular complexity index is 396. The van der Waals surface area contributed by atoms with Gasteiger partial charge in [-0.3, -0.25) is 0 Å². The minimum absolute atomic E-state index is 0.455. The molecule has 1 aromatic rings. The van der Waals surface area contributed by atoms with Gasteiger partial charge in [-0.05, 0) is 19.3 Å². The van der Waals surface area contributed by atoms with Gasteiger partial charge in [-0.1, -0.05) is 12.8 Å². The lowest BCUT2D eigenvalue weighted by atomic mass is 10.0. The standard InChI is InChI=1S/C12H17F2N3/c13-12(14)10-5-6-15-11-7-9(16-17(10)11)8-3-1-2-4-8/h7-8,10,12,15H,1-6H2. The van der Waals surface area contributed by atoms with E-state index in [1.807, 2.05) is 6.07 Å². The third-order valence-electron chi connectivity index (χ3n) is 3.88. The first-order valence-corrected chi connectivity index (χ1v) is 6.37. The lowest BCUT2D eigenvalue weighted by molar-refractivity contribution is 0.0712. The van der Waals surface area contributed by atoms with Crippen LogP contribution in [0.25, 0.3) is 0 Å². The van der Waals surface area contributed by atoms with E-state index >= 15 is 0 Å². The molecule has 1 aromatic heterocycles. The predicted molar refractivity (Wildman–Crippen MR) is 61.6 cm³/mol. The van der Waals surface area contributed by atoms with Crippen LogP contribution >= 0.6 is 0 Å². The van der Waals surface area contributed by atoms with E-state index in [1.54, 1.807) is 0 Å². The van der Waals surface area contributed by atoms with Gasteiger partial charge in [0.15, 0.2) is 0 Å². The zero-order valence-electron chi connectivity index (χ0n) is 9.70. The Labute approximate surface area is 99.2 Å². The van der Waals surface area contributed by atoms with Crippen LogP contribution in [0.1, 0.15) is 49.8 Å². The smallest absolute Gasteiger partial charge is 0.260 e. The van der Waals surface area contributed by atoms with Gasteiger partial charge in [0.1, 0.15) is 11.9 Å². The molecule has 1 aliphatic heterocycles. The van der Waals surface area contributed by atoms with Crippen molar-refractivity contribution in [3.05, 3.63) is 11.8 Å². The fraction of sp³-hybridized carbons (Fsp3) is 0.750. The van der Waals surface area contributed by atoms with Crippen LogP contribution in [0.5, 0.6) is 0 Å². The van der Waals surface area contributed by atoms with Crippen molar-refractivity contribution in [3.8, 4) is 0 Å². The molecular weight excluding hydrogens is 224 g/mol. The van der Waals surface area contributed by atoms with Crippen LogP contribution in [0.4, 0.5) is 14.6 Å². The molecular formula is C12H17F2N3. The Balaban J connectivity index is 1.89. The molecule has 5 heteroatoms. The molecule has 1 aliphatic carbocycles. The van der Waals surface area contributed by atoms with E-state index in [9.17, 15) is 8.78 Å². The molecule has 0 aromatic carbocycles. The molecule has 3 rings (SSSR count). The number of hydrogen-bond donors (Lipinski definition) is 1. The van der Waals surface area contributed by atoms with Crippen molar-refractivity contribution in [2.45, 2.75) is 50.5 Å². The summed E-state index contributed by atoms with van der Waals surface area (Å²) in [5, 5.41) is 7.57. The summed E-state index contributed by atoms with van der Waals surface area (Å²) in [6.07, 6.45) is 2.89. The maximum absolute atomic E-state index is 12.9. The van der Waals surface area contributed by atoms with Crippen molar-refractivity contribution in [2.24, 2.45) is 0 Å². The lowest BCUT2D eigenvalue weighted by Gasteiger charge is -2.24. The first kappa shape index (κ1) is 11.0. The molecule has 1 saturated carbocycles. The number of nitrogens with zero attached hydrogens (tertiary/aromatic N) is 2. The van der Waals surface area contributed by atoms with E-state index in [1.165, 1.54) is 17.5 Å². The van der Waals surface area contributed by atoms with Gasteiger partial charge in [0.2, 0.25) is 0 Å². The summed E-state index contributed by atoms with van der Waals surface area (Å²) in [6, 6.07) is 1.21. The van der Waals surface area contributed by atoms with Gasteiger partial charge in [-0.2, -0.15) is 5.10 Å². The van der Waals surface area contributed by atoms with Gasteiger partial charge in [-0.25, -0.2) is 13.5 Å². The summed E-state index contributed by atoms with van der Waals surface area (Å²) in [5.41, 5.74) is 0.998. The zero-order valence-corrected chi connectivity index (χ0v) is 9.70. The second-order valence-electron chi connectivity index (χ2n) is 5.00. The molecule has 0 amide bonds. The summed E-state index contributed by atoms with van der Waals surface area (Å²) in [6.45, 7) is 0.616. The third-order valence-corrected chi connectivity index (χ3v) is 3.88. The van der Waals surface area contributed by atoms with Crippen LogP contribution in [0.3, 0.4) is 0 Å². The number of hydrogen-bond acceptors (Lipinski definition) is 2. The second-order valence-corrected chi connectivity index (χ2v) is 5.00. The van der Waals surface area contributed by atoms with Crippen LogP contribution in [-0.2, 0) is 0 Å². The summed E-state index contributed by atoms with van der Waals surface area (Å²) >= 11 is 0. The average molecular weight is 241 g/mol. The van der Waals surface area contributed by atoms with E-state index in [2.05, 4.69) is 10.4 Å². The van der Waals surface area contributed by atoms with E-state index in [4.69, 9.17) is 0 Å². The van der Waals surface area contributed by atoms with Crippen molar-refractivity contribution in [3.63, 3.8) is 0 Å². The Morgan fingerprint density at radius 1 is 1.29 bits per heavy atom. The molecule has 0 radical (unpaired) electrons. The Morgan fingerprint density at radius 3 is 2.76 bits per heavy atom. The Kier molecular flexibility index (Phi) is 2.76. The molecule has 2 heterocycles. The number of fused-ring (bicyclic) bond motifs is 1. The van der Waals surface area contributed by atoms with Crippen LogP contribution in [0.15, 0.2) is 6.07 Å². The zero-order chi connectivity index (χ0) is 11.8. The normalized spacial score (nSPS) is 25.0. The maximum atomic E-state index is 12.9. The quantitative estimate of drug-likeness (QED) is 0.862. The fourth-order valence-electron chi connectivity index (χ4n) is 2.92. The number of halogens is 2. The topological polar surface area (TPSA) is 29.9 Å². The molecule has 0 saturated heterocycles. The molecule has 0 bridgehead atoms. The van der Waals surface area contributed by atoms with Crippen LogP contribution in [0.2, 0.25) is 0 Å². The predicted octanol–water partition coefficient (Wildman–Crippen LogP) is 3.16. The molecule has 1 N–H and O–H groups in total. The molecule has 1 unspecified atom stereocenters. The highest BCUT2D eigenvalue weighted by Crippen LogP contribution is 2.37. The van der Waals surface area contributed by atoms with Crippen molar-refractivity contribution < 1.29 is 8.78 Å². The molecule has 0 spiro atoms. The van der Waals surface area contributed by atoms with Crippen LogP contribution < -0.4 is 5.32 Å². The van der Waals surface area contributed by atoms with Crippen molar-refractivity contribution in [2.75, 3.05) is 11.9 Å². The van der Waals surface area contributed by atoms with Crippen molar-refractivity contribution in [1.29, 1.82) is 0 Å². The molecule has 94 valence electrons. The monoisotopic (exact) mass is 241 g/mol. The highest BCUT2D eigenvalue weighted by atomic mass is 19.3. The number of rotatable bonds is 2. The first-order chi connectivity index (χ1) is 8.25. The SMILES string of the molecule is FC(F)C1CCNc2cc(C3CCCC3)nn21. The highest BCUT2D eigenvalue weighted by molar-refractivity contribution is 5.40. The molecule has 2 aliphatic rings. The molecule has 3 nitrogen and oxygen atoms in total.